The monoisotopic (exact) mass is 195 g/mol. The molecule has 0 aliphatic rings. The van der Waals surface area contributed by atoms with Crippen LogP contribution in [0.25, 0.3) is 0 Å². The number of alkyl halides is 1. The molecular weight excluding hydrogens is 178 g/mol. The summed E-state index contributed by atoms with van der Waals surface area (Å²) >= 11 is 7.67. The van der Waals surface area contributed by atoms with Crippen molar-refractivity contribution in [2.75, 3.05) is 25.1 Å². The van der Waals surface area contributed by atoms with Crippen LogP contribution in [0.3, 0.4) is 0 Å². The minimum absolute atomic E-state index is 0.308. The van der Waals surface area contributed by atoms with Gasteiger partial charge in [0.25, 0.3) is 0 Å². The molecule has 68 valence electrons. The van der Waals surface area contributed by atoms with E-state index in [1.165, 1.54) is 12.2 Å². The molecule has 0 saturated heterocycles. The number of thioether (sulfide) groups is 1. The van der Waals surface area contributed by atoms with Gasteiger partial charge in [-0.05, 0) is 44.9 Å². The molecule has 11 heavy (non-hydrogen) atoms. The van der Waals surface area contributed by atoms with Gasteiger partial charge < -0.3 is 5.32 Å². The summed E-state index contributed by atoms with van der Waals surface area (Å²) in [5.41, 5.74) is 0. The van der Waals surface area contributed by atoms with E-state index in [-0.39, 0.29) is 0 Å². The molecule has 0 bridgehead atoms. The number of nitrogens with one attached hydrogen (secondary N) is 1. The van der Waals surface area contributed by atoms with Crippen molar-refractivity contribution in [2.45, 2.75) is 25.1 Å². The van der Waals surface area contributed by atoms with Crippen LogP contribution < -0.4 is 5.32 Å². The largest absolute Gasteiger partial charge is 0.317 e. The zero-order valence-electron chi connectivity index (χ0n) is 7.40. The first-order valence-corrected chi connectivity index (χ1v) is 5.94. The zero-order valence-corrected chi connectivity index (χ0v) is 8.97. The molecule has 0 radical (unpaired) electrons. The Bertz CT molecular complexity index is 78.5. The van der Waals surface area contributed by atoms with Crippen molar-refractivity contribution in [1.82, 2.24) is 5.32 Å². The van der Waals surface area contributed by atoms with Crippen molar-refractivity contribution < 1.29 is 0 Å². The van der Waals surface area contributed by atoms with Gasteiger partial charge >= 0.3 is 0 Å². The molecule has 0 aliphatic carbocycles. The quantitative estimate of drug-likeness (QED) is 0.495. The lowest BCUT2D eigenvalue weighted by atomic mass is 10.3. The average Bonchev–Trinajstić information content (AvgIpc) is 1.96. The lowest BCUT2D eigenvalue weighted by molar-refractivity contribution is 0.638. The fraction of sp³-hybridized carbons (Fsp3) is 1.00. The molecule has 0 aromatic carbocycles. The summed E-state index contributed by atoms with van der Waals surface area (Å²) in [5, 5.41) is 3.66. The summed E-state index contributed by atoms with van der Waals surface area (Å²) in [6, 6.07) is 0. The van der Waals surface area contributed by atoms with Crippen LogP contribution in [0.4, 0.5) is 0 Å². The minimum Gasteiger partial charge on any atom is -0.317 e. The molecule has 0 aromatic heterocycles. The third-order valence-corrected chi connectivity index (χ3v) is 2.34. The van der Waals surface area contributed by atoms with E-state index in [2.05, 4.69) is 11.6 Å². The molecule has 0 spiro atoms. The predicted octanol–water partition coefficient (Wildman–Crippen LogP) is 2.35. The van der Waals surface area contributed by atoms with E-state index in [1.807, 2.05) is 18.7 Å². The molecule has 0 fully saturated rings. The Balaban J connectivity index is 2.80. The molecule has 1 N–H and O–H groups in total. The standard InChI is InChI=1S/C8H18ClNS/c1-8(9)4-6-10-5-3-7-11-2/h8,10H,3-7H2,1-2H3. The summed E-state index contributed by atoms with van der Waals surface area (Å²) < 4.78 is 0. The van der Waals surface area contributed by atoms with Gasteiger partial charge in [-0.2, -0.15) is 11.8 Å². The predicted molar refractivity (Wildman–Crippen MR) is 55.8 cm³/mol. The Labute approximate surface area is 79.3 Å². The van der Waals surface area contributed by atoms with Crippen molar-refractivity contribution in [2.24, 2.45) is 0 Å². The second kappa shape index (κ2) is 8.69. The van der Waals surface area contributed by atoms with Crippen LogP contribution in [0, 0.1) is 0 Å². The van der Waals surface area contributed by atoms with E-state index >= 15 is 0 Å². The van der Waals surface area contributed by atoms with Crippen LogP contribution in [-0.2, 0) is 0 Å². The molecular formula is C8H18ClNS. The highest BCUT2D eigenvalue weighted by molar-refractivity contribution is 7.98. The molecule has 3 heteroatoms. The van der Waals surface area contributed by atoms with Gasteiger partial charge in [-0.25, -0.2) is 0 Å². The molecule has 0 heterocycles. The third kappa shape index (κ3) is 10.6. The van der Waals surface area contributed by atoms with E-state index in [0.717, 1.165) is 19.5 Å². The highest BCUT2D eigenvalue weighted by Gasteiger charge is 1.93. The normalized spacial score (nSPS) is 13.4. The van der Waals surface area contributed by atoms with E-state index in [0.29, 0.717) is 5.38 Å². The first-order valence-electron chi connectivity index (χ1n) is 4.11. The number of halogens is 1. The fourth-order valence-corrected chi connectivity index (χ4v) is 1.31. The van der Waals surface area contributed by atoms with Gasteiger partial charge in [0.05, 0.1) is 0 Å². The number of rotatable bonds is 7. The Morgan fingerprint density at radius 2 is 2.18 bits per heavy atom. The van der Waals surface area contributed by atoms with Gasteiger partial charge in [-0.1, -0.05) is 0 Å². The Morgan fingerprint density at radius 1 is 1.45 bits per heavy atom. The van der Waals surface area contributed by atoms with E-state index in [9.17, 15) is 0 Å². The second-order valence-corrected chi connectivity index (χ2v) is 4.40. The maximum Gasteiger partial charge on any atom is 0.0319 e. The molecule has 1 atom stereocenters. The molecule has 1 unspecified atom stereocenters. The topological polar surface area (TPSA) is 12.0 Å². The SMILES string of the molecule is CSCCCNCCC(C)Cl. The van der Waals surface area contributed by atoms with Crippen LogP contribution in [0.5, 0.6) is 0 Å². The van der Waals surface area contributed by atoms with Crippen LogP contribution in [0.1, 0.15) is 19.8 Å². The van der Waals surface area contributed by atoms with Crippen molar-refractivity contribution in [3.63, 3.8) is 0 Å². The van der Waals surface area contributed by atoms with Crippen LogP contribution >= 0.6 is 23.4 Å². The van der Waals surface area contributed by atoms with E-state index in [4.69, 9.17) is 11.6 Å². The first-order chi connectivity index (χ1) is 5.27. The summed E-state index contributed by atoms with van der Waals surface area (Å²) in [5.74, 6) is 1.25. The first kappa shape index (κ1) is 11.6. The summed E-state index contributed by atoms with van der Waals surface area (Å²) in [4.78, 5) is 0. The van der Waals surface area contributed by atoms with Crippen LogP contribution in [0.15, 0.2) is 0 Å². The van der Waals surface area contributed by atoms with Gasteiger partial charge in [-0.3, -0.25) is 0 Å². The van der Waals surface area contributed by atoms with Gasteiger partial charge in [-0.15, -0.1) is 11.6 Å². The lowest BCUT2D eigenvalue weighted by Gasteiger charge is -2.04. The summed E-state index contributed by atoms with van der Waals surface area (Å²) in [7, 11) is 0. The third-order valence-electron chi connectivity index (χ3n) is 1.42. The fourth-order valence-electron chi connectivity index (χ4n) is 0.767. The van der Waals surface area contributed by atoms with E-state index in [1.54, 1.807) is 0 Å². The van der Waals surface area contributed by atoms with Crippen molar-refractivity contribution >= 4 is 23.4 Å². The summed E-state index contributed by atoms with van der Waals surface area (Å²) in [6.45, 7) is 4.22. The minimum atomic E-state index is 0.308. The van der Waals surface area contributed by atoms with Gasteiger partial charge in [0.1, 0.15) is 0 Å². The van der Waals surface area contributed by atoms with Gasteiger partial charge in [0.15, 0.2) is 0 Å². The number of hydrogen-bond acceptors (Lipinski definition) is 2. The Hall–Kier alpha value is 0.600. The van der Waals surface area contributed by atoms with Gasteiger partial charge in [0, 0.05) is 5.38 Å². The summed E-state index contributed by atoms with van der Waals surface area (Å²) in [6.07, 6.45) is 4.47. The molecule has 0 aliphatic heterocycles. The van der Waals surface area contributed by atoms with Crippen molar-refractivity contribution in [1.29, 1.82) is 0 Å². The van der Waals surface area contributed by atoms with E-state index < -0.39 is 0 Å². The Kier molecular flexibility index (Phi) is 9.17. The maximum atomic E-state index is 5.77. The molecule has 0 amide bonds. The zero-order chi connectivity index (χ0) is 8.53. The smallest absolute Gasteiger partial charge is 0.0319 e. The molecule has 0 aromatic rings. The van der Waals surface area contributed by atoms with Crippen molar-refractivity contribution in [3.8, 4) is 0 Å². The molecule has 0 saturated carbocycles. The number of hydrogen-bond donors (Lipinski definition) is 1. The van der Waals surface area contributed by atoms with Gasteiger partial charge in [0.2, 0.25) is 0 Å². The molecule has 1 nitrogen and oxygen atoms in total. The highest BCUT2D eigenvalue weighted by Crippen LogP contribution is 1.97. The maximum absolute atomic E-state index is 5.77. The van der Waals surface area contributed by atoms with Crippen LogP contribution in [0.2, 0.25) is 0 Å². The van der Waals surface area contributed by atoms with Crippen molar-refractivity contribution in [3.05, 3.63) is 0 Å². The lowest BCUT2D eigenvalue weighted by Crippen LogP contribution is -2.19. The highest BCUT2D eigenvalue weighted by atomic mass is 35.5. The average molecular weight is 196 g/mol. The van der Waals surface area contributed by atoms with Crippen LogP contribution in [-0.4, -0.2) is 30.5 Å². The Morgan fingerprint density at radius 3 is 2.73 bits per heavy atom. The molecule has 0 rings (SSSR count). The second-order valence-electron chi connectivity index (χ2n) is 2.67.